The molecule has 2 aliphatic rings. The zero-order valence-corrected chi connectivity index (χ0v) is 12.3. The molecule has 0 bridgehead atoms. The van der Waals surface area contributed by atoms with Gasteiger partial charge in [-0.3, -0.25) is 0 Å². The van der Waals surface area contributed by atoms with Crippen LogP contribution in [-0.2, 0) is 6.42 Å². The van der Waals surface area contributed by atoms with E-state index in [1.165, 1.54) is 44.3 Å². The van der Waals surface area contributed by atoms with E-state index in [0.29, 0.717) is 6.10 Å². The zero-order valence-electron chi connectivity index (χ0n) is 12.3. The Hall–Kier alpha value is -1.06. The van der Waals surface area contributed by atoms with E-state index in [-0.39, 0.29) is 0 Å². The van der Waals surface area contributed by atoms with Gasteiger partial charge >= 0.3 is 0 Å². The predicted octanol–water partition coefficient (Wildman–Crippen LogP) is 2.46. The van der Waals surface area contributed by atoms with Gasteiger partial charge in [-0.25, -0.2) is 0 Å². The summed E-state index contributed by atoms with van der Waals surface area (Å²) in [6, 6.07) is 8.70. The monoisotopic (exact) mass is 274 g/mol. The van der Waals surface area contributed by atoms with Crippen molar-refractivity contribution in [1.29, 1.82) is 0 Å². The van der Waals surface area contributed by atoms with Crippen LogP contribution in [0, 0.1) is 0 Å². The van der Waals surface area contributed by atoms with Gasteiger partial charge in [-0.05, 0) is 49.8 Å². The molecule has 1 aromatic carbocycles. The van der Waals surface area contributed by atoms with Crippen LogP contribution in [0.25, 0.3) is 0 Å². The first kappa shape index (κ1) is 13.9. The summed E-state index contributed by atoms with van der Waals surface area (Å²) in [5.74, 6) is 1.06. The molecule has 0 amide bonds. The van der Waals surface area contributed by atoms with Crippen LogP contribution in [0.15, 0.2) is 24.3 Å². The van der Waals surface area contributed by atoms with E-state index in [4.69, 9.17) is 4.74 Å². The molecule has 2 fully saturated rings. The minimum atomic E-state index is 0.457. The molecule has 110 valence electrons. The van der Waals surface area contributed by atoms with Gasteiger partial charge in [-0.2, -0.15) is 0 Å². The van der Waals surface area contributed by atoms with Crippen molar-refractivity contribution in [2.45, 2.75) is 38.2 Å². The number of nitrogens with one attached hydrogen (secondary N) is 1. The van der Waals surface area contributed by atoms with Crippen LogP contribution >= 0.6 is 0 Å². The average Bonchev–Trinajstić information content (AvgIpc) is 3.00. The summed E-state index contributed by atoms with van der Waals surface area (Å²) < 4.78 is 6.08. The lowest BCUT2D eigenvalue weighted by molar-refractivity contribution is 0.209. The molecular formula is C17H26N2O. The summed E-state index contributed by atoms with van der Waals surface area (Å²) in [7, 11) is 0. The maximum atomic E-state index is 6.08. The minimum Gasteiger partial charge on any atom is -0.490 e. The molecule has 1 aromatic rings. The number of hydrogen-bond donors (Lipinski definition) is 1. The number of piperazine rings is 1. The van der Waals surface area contributed by atoms with E-state index in [0.717, 1.165) is 31.8 Å². The van der Waals surface area contributed by atoms with Crippen LogP contribution in [0.5, 0.6) is 5.75 Å². The van der Waals surface area contributed by atoms with Crippen molar-refractivity contribution in [3.05, 3.63) is 29.8 Å². The van der Waals surface area contributed by atoms with E-state index >= 15 is 0 Å². The lowest BCUT2D eigenvalue weighted by Crippen LogP contribution is -2.44. The normalized spacial score (nSPS) is 21.2. The zero-order chi connectivity index (χ0) is 13.6. The maximum Gasteiger partial charge on any atom is 0.119 e. The molecule has 1 aliphatic carbocycles. The Labute approximate surface area is 122 Å². The molecule has 20 heavy (non-hydrogen) atoms. The average molecular weight is 274 g/mol. The Bertz CT molecular complexity index is 409. The maximum absolute atomic E-state index is 6.08. The quantitative estimate of drug-likeness (QED) is 0.892. The first-order chi connectivity index (χ1) is 9.90. The van der Waals surface area contributed by atoms with Crippen LogP contribution in [-0.4, -0.2) is 43.7 Å². The van der Waals surface area contributed by atoms with Crippen molar-refractivity contribution in [2.75, 3.05) is 32.7 Å². The van der Waals surface area contributed by atoms with Crippen molar-refractivity contribution in [3.63, 3.8) is 0 Å². The molecular weight excluding hydrogens is 248 g/mol. The van der Waals surface area contributed by atoms with Crippen LogP contribution in [0.3, 0.4) is 0 Å². The Kier molecular flexibility index (Phi) is 4.93. The SMILES string of the molecule is c1cc(CCN2CCNCC2)cc(OC2CCCC2)c1. The van der Waals surface area contributed by atoms with E-state index in [2.05, 4.69) is 34.5 Å². The summed E-state index contributed by atoms with van der Waals surface area (Å²) in [5.41, 5.74) is 1.40. The van der Waals surface area contributed by atoms with Gasteiger partial charge in [0.1, 0.15) is 5.75 Å². The van der Waals surface area contributed by atoms with Gasteiger partial charge in [0.2, 0.25) is 0 Å². The van der Waals surface area contributed by atoms with E-state index < -0.39 is 0 Å². The van der Waals surface area contributed by atoms with Crippen LogP contribution in [0.2, 0.25) is 0 Å². The van der Waals surface area contributed by atoms with Crippen molar-refractivity contribution in [3.8, 4) is 5.75 Å². The highest BCUT2D eigenvalue weighted by molar-refractivity contribution is 5.29. The van der Waals surface area contributed by atoms with Crippen molar-refractivity contribution < 1.29 is 4.74 Å². The molecule has 1 heterocycles. The van der Waals surface area contributed by atoms with Crippen LogP contribution in [0.1, 0.15) is 31.2 Å². The Balaban J connectivity index is 1.50. The fourth-order valence-corrected chi connectivity index (χ4v) is 3.19. The Morgan fingerprint density at radius 3 is 2.75 bits per heavy atom. The standard InChI is InChI=1S/C17H26N2O/c1-2-6-16(5-1)20-17-7-3-4-15(14-17)8-11-19-12-9-18-10-13-19/h3-4,7,14,16,18H,1-2,5-6,8-13H2. The van der Waals surface area contributed by atoms with E-state index in [1.54, 1.807) is 0 Å². The number of ether oxygens (including phenoxy) is 1. The van der Waals surface area contributed by atoms with Gasteiger partial charge in [-0.15, -0.1) is 0 Å². The van der Waals surface area contributed by atoms with Gasteiger partial charge in [0, 0.05) is 32.7 Å². The van der Waals surface area contributed by atoms with Gasteiger partial charge in [0.15, 0.2) is 0 Å². The largest absolute Gasteiger partial charge is 0.490 e. The summed E-state index contributed by atoms with van der Waals surface area (Å²) in [5, 5.41) is 3.40. The van der Waals surface area contributed by atoms with Gasteiger partial charge < -0.3 is 15.0 Å². The number of nitrogens with zero attached hydrogens (tertiary/aromatic N) is 1. The molecule has 3 rings (SSSR count). The second-order valence-electron chi connectivity index (χ2n) is 6.01. The lowest BCUT2D eigenvalue weighted by atomic mass is 10.1. The molecule has 3 heteroatoms. The number of rotatable bonds is 5. The Morgan fingerprint density at radius 1 is 1.15 bits per heavy atom. The van der Waals surface area contributed by atoms with Crippen LogP contribution < -0.4 is 10.1 Å². The third kappa shape index (κ3) is 3.97. The first-order valence-electron chi connectivity index (χ1n) is 8.09. The summed E-state index contributed by atoms with van der Waals surface area (Å²) in [6.07, 6.45) is 6.69. The smallest absolute Gasteiger partial charge is 0.119 e. The summed E-state index contributed by atoms with van der Waals surface area (Å²) >= 11 is 0. The number of benzene rings is 1. The van der Waals surface area contributed by atoms with Crippen molar-refractivity contribution in [1.82, 2.24) is 10.2 Å². The fraction of sp³-hybridized carbons (Fsp3) is 0.647. The predicted molar refractivity (Wildman–Crippen MR) is 82.3 cm³/mol. The Morgan fingerprint density at radius 2 is 1.95 bits per heavy atom. The highest BCUT2D eigenvalue weighted by Gasteiger charge is 2.16. The highest BCUT2D eigenvalue weighted by Crippen LogP contribution is 2.24. The number of hydrogen-bond acceptors (Lipinski definition) is 3. The molecule has 0 atom stereocenters. The molecule has 0 radical (unpaired) electrons. The third-order valence-electron chi connectivity index (χ3n) is 4.43. The summed E-state index contributed by atoms with van der Waals surface area (Å²) in [6.45, 7) is 5.78. The molecule has 1 N–H and O–H groups in total. The lowest BCUT2D eigenvalue weighted by Gasteiger charge is -2.27. The molecule has 0 aromatic heterocycles. The van der Waals surface area contributed by atoms with Gasteiger partial charge in [0.05, 0.1) is 6.10 Å². The third-order valence-corrected chi connectivity index (χ3v) is 4.43. The van der Waals surface area contributed by atoms with Crippen molar-refractivity contribution in [2.24, 2.45) is 0 Å². The summed E-state index contributed by atoms with van der Waals surface area (Å²) in [4.78, 5) is 2.54. The van der Waals surface area contributed by atoms with E-state index in [1.807, 2.05) is 0 Å². The van der Waals surface area contributed by atoms with Gasteiger partial charge in [-0.1, -0.05) is 12.1 Å². The first-order valence-corrected chi connectivity index (χ1v) is 8.09. The highest BCUT2D eigenvalue weighted by atomic mass is 16.5. The minimum absolute atomic E-state index is 0.457. The van der Waals surface area contributed by atoms with Gasteiger partial charge in [0.25, 0.3) is 0 Å². The molecule has 0 unspecified atom stereocenters. The molecule has 1 saturated carbocycles. The molecule has 1 aliphatic heterocycles. The molecule has 1 saturated heterocycles. The topological polar surface area (TPSA) is 24.5 Å². The van der Waals surface area contributed by atoms with Crippen LogP contribution in [0.4, 0.5) is 0 Å². The van der Waals surface area contributed by atoms with E-state index in [9.17, 15) is 0 Å². The fourth-order valence-electron chi connectivity index (χ4n) is 3.19. The molecule has 3 nitrogen and oxygen atoms in total. The molecule has 0 spiro atoms. The second kappa shape index (κ2) is 7.09. The van der Waals surface area contributed by atoms with Crippen molar-refractivity contribution >= 4 is 0 Å². The second-order valence-corrected chi connectivity index (χ2v) is 6.01.